The van der Waals surface area contributed by atoms with Crippen molar-refractivity contribution in [2.24, 2.45) is 0 Å². The number of carbonyl (C=O) groups excluding carboxylic acids is 1. The number of hydrogen-bond acceptors (Lipinski definition) is 5. The molecule has 0 unspecified atom stereocenters. The molecule has 7 heteroatoms. The van der Waals surface area contributed by atoms with Gasteiger partial charge in [0.15, 0.2) is 5.75 Å². The first-order valence-electron chi connectivity index (χ1n) is 7.35. The Morgan fingerprint density at radius 2 is 1.83 bits per heavy atom. The van der Waals surface area contributed by atoms with Crippen molar-refractivity contribution in [3.8, 4) is 11.5 Å². The summed E-state index contributed by atoms with van der Waals surface area (Å²) in [5.74, 6) is -0.0881. The van der Waals surface area contributed by atoms with E-state index in [1.807, 2.05) is 6.92 Å². The van der Waals surface area contributed by atoms with Gasteiger partial charge in [-0.3, -0.25) is 4.79 Å². The summed E-state index contributed by atoms with van der Waals surface area (Å²) >= 11 is 0. The number of hydrogen-bond donors (Lipinski definition) is 1. The smallest absolute Gasteiger partial charge is 0.343 e. The summed E-state index contributed by atoms with van der Waals surface area (Å²) in [6.07, 6.45) is 0.676. The zero-order chi connectivity index (χ0) is 17.7. The summed E-state index contributed by atoms with van der Waals surface area (Å²) in [7, 11) is -2.73. The maximum atomic E-state index is 12.7. The summed E-state index contributed by atoms with van der Waals surface area (Å²) < 4.78 is 35.7. The molecular weight excluding hydrogens is 330 g/mol. The highest BCUT2D eigenvalue weighted by Crippen LogP contribution is 2.31. The molecule has 0 saturated carbocycles. The molecule has 1 amide bonds. The van der Waals surface area contributed by atoms with E-state index in [1.54, 1.807) is 30.3 Å². The van der Waals surface area contributed by atoms with Crippen LogP contribution >= 0.6 is 0 Å². The van der Waals surface area contributed by atoms with Crippen LogP contribution in [0.15, 0.2) is 47.4 Å². The fourth-order valence-corrected chi connectivity index (χ4v) is 3.30. The van der Waals surface area contributed by atoms with Crippen molar-refractivity contribution in [1.29, 1.82) is 0 Å². The maximum Gasteiger partial charge on any atom is 0.343 e. The Labute approximate surface area is 141 Å². The number of amides is 1. The summed E-state index contributed by atoms with van der Waals surface area (Å²) in [5.41, 5.74) is 1.12. The first-order valence-corrected chi connectivity index (χ1v) is 8.76. The second-order valence-electron chi connectivity index (χ2n) is 5.05. The van der Waals surface area contributed by atoms with Crippen LogP contribution in [0.1, 0.15) is 19.4 Å². The molecule has 128 valence electrons. The average Bonchev–Trinajstić information content (AvgIpc) is 2.55. The number of ether oxygens (including phenoxy) is 1. The lowest BCUT2D eigenvalue weighted by Crippen LogP contribution is -2.14. The second-order valence-corrected chi connectivity index (χ2v) is 6.57. The largest absolute Gasteiger partial charge is 0.495 e. The molecule has 0 aromatic heterocycles. The standard InChI is InChI=1S/C17H19NO5S/c1-4-13-9-10-16(22-3)17(11-13)24(20,21)23-15-8-6-5-7-14(15)18-12(2)19/h5-11H,4H2,1-3H3,(H,18,19). The predicted octanol–water partition coefficient (Wildman–Crippen LogP) is 2.98. The highest BCUT2D eigenvalue weighted by molar-refractivity contribution is 7.87. The molecule has 6 nitrogen and oxygen atoms in total. The van der Waals surface area contributed by atoms with Crippen LogP contribution in [0.25, 0.3) is 0 Å². The number of anilines is 1. The second kappa shape index (κ2) is 7.35. The van der Waals surface area contributed by atoms with Crippen molar-refractivity contribution in [3.63, 3.8) is 0 Å². The SMILES string of the molecule is CCc1ccc(OC)c(S(=O)(=O)Oc2ccccc2NC(C)=O)c1. The average molecular weight is 349 g/mol. The molecule has 0 aliphatic rings. The van der Waals surface area contributed by atoms with Crippen molar-refractivity contribution in [2.45, 2.75) is 25.2 Å². The van der Waals surface area contributed by atoms with Crippen molar-refractivity contribution >= 4 is 21.7 Å². The quantitative estimate of drug-likeness (QED) is 0.811. The zero-order valence-electron chi connectivity index (χ0n) is 13.7. The first-order chi connectivity index (χ1) is 11.4. The Kier molecular flexibility index (Phi) is 5.46. The number of nitrogens with one attached hydrogen (secondary N) is 1. The molecule has 0 saturated heterocycles. The van der Waals surface area contributed by atoms with Gasteiger partial charge in [-0.15, -0.1) is 0 Å². The molecular formula is C17H19NO5S. The van der Waals surface area contributed by atoms with Crippen LogP contribution in [0.4, 0.5) is 5.69 Å². The molecule has 0 aliphatic heterocycles. The van der Waals surface area contributed by atoms with Crippen LogP contribution in [-0.2, 0) is 21.3 Å². The van der Waals surface area contributed by atoms with Crippen LogP contribution < -0.4 is 14.2 Å². The van der Waals surface area contributed by atoms with Gasteiger partial charge in [-0.25, -0.2) is 0 Å². The number of para-hydroxylation sites is 2. The maximum absolute atomic E-state index is 12.7. The topological polar surface area (TPSA) is 81.7 Å². The lowest BCUT2D eigenvalue weighted by Gasteiger charge is -2.14. The lowest BCUT2D eigenvalue weighted by atomic mass is 10.2. The molecule has 0 atom stereocenters. The third kappa shape index (κ3) is 4.05. The third-order valence-corrected chi connectivity index (χ3v) is 4.56. The van der Waals surface area contributed by atoms with E-state index < -0.39 is 10.1 Å². The Bertz CT molecular complexity index is 846. The number of benzene rings is 2. The van der Waals surface area contributed by atoms with E-state index in [4.69, 9.17) is 8.92 Å². The number of rotatable bonds is 6. The van der Waals surface area contributed by atoms with Gasteiger partial charge in [0.2, 0.25) is 5.91 Å². The molecule has 1 N–H and O–H groups in total. The van der Waals surface area contributed by atoms with Crippen molar-refractivity contribution < 1.29 is 22.1 Å². The minimum Gasteiger partial charge on any atom is -0.495 e. The highest BCUT2D eigenvalue weighted by atomic mass is 32.2. The van der Waals surface area contributed by atoms with Gasteiger partial charge < -0.3 is 14.2 Å². The van der Waals surface area contributed by atoms with E-state index in [0.29, 0.717) is 6.42 Å². The Balaban J connectivity index is 2.45. The van der Waals surface area contributed by atoms with Crippen LogP contribution in [0.5, 0.6) is 11.5 Å². The van der Waals surface area contributed by atoms with Gasteiger partial charge in [-0.05, 0) is 36.2 Å². The molecule has 0 radical (unpaired) electrons. The molecule has 2 aromatic carbocycles. The van der Waals surface area contributed by atoms with Gasteiger partial charge in [0.25, 0.3) is 0 Å². The zero-order valence-corrected chi connectivity index (χ0v) is 14.5. The van der Waals surface area contributed by atoms with Gasteiger partial charge in [0.1, 0.15) is 10.6 Å². The van der Waals surface area contributed by atoms with E-state index in [-0.39, 0.29) is 28.0 Å². The van der Waals surface area contributed by atoms with Crippen LogP contribution in [0, 0.1) is 0 Å². The molecule has 0 spiro atoms. The van der Waals surface area contributed by atoms with Gasteiger partial charge in [-0.1, -0.05) is 25.1 Å². The summed E-state index contributed by atoms with van der Waals surface area (Å²) in [6, 6.07) is 11.2. The van der Waals surface area contributed by atoms with E-state index in [0.717, 1.165) is 5.56 Å². The van der Waals surface area contributed by atoms with Crippen LogP contribution in [0.2, 0.25) is 0 Å². The molecule has 2 rings (SSSR count). The molecule has 0 aliphatic carbocycles. The fourth-order valence-electron chi connectivity index (χ4n) is 2.13. The lowest BCUT2D eigenvalue weighted by molar-refractivity contribution is -0.114. The number of methoxy groups -OCH3 is 1. The van der Waals surface area contributed by atoms with E-state index in [1.165, 1.54) is 26.2 Å². The van der Waals surface area contributed by atoms with Crippen molar-refractivity contribution in [2.75, 3.05) is 12.4 Å². The van der Waals surface area contributed by atoms with E-state index in [2.05, 4.69) is 5.32 Å². The molecule has 24 heavy (non-hydrogen) atoms. The third-order valence-electron chi connectivity index (χ3n) is 3.30. The number of carbonyl (C=O) groups is 1. The van der Waals surface area contributed by atoms with Gasteiger partial charge in [0.05, 0.1) is 12.8 Å². The predicted molar refractivity (Wildman–Crippen MR) is 90.9 cm³/mol. The highest BCUT2D eigenvalue weighted by Gasteiger charge is 2.23. The van der Waals surface area contributed by atoms with Gasteiger partial charge in [0, 0.05) is 6.92 Å². The first kappa shape index (κ1) is 17.8. The van der Waals surface area contributed by atoms with Crippen LogP contribution in [0.3, 0.4) is 0 Å². The Hall–Kier alpha value is -2.54. The minimum atomic E-state index is -4.12. The summed E-state index contributed by atoms with van der Waals surface area (Å²) in [4.78, 5) is 11.2. The summed E-state index contributed by atoms with van der Waals surface area (Å²) in [5, 5.41) is 2.54. The van der Waals surface area contributed by atoms with E-state index in [9.17, 15) is 13.2 Å². The number of aryl methyl sites for hydroxylation is 1. The van der Waals surface area contributed by atoms with Crippen LogP contribution in [-0.4, -0.2) is 21.4 Å². The fraction of sp³-hybridized carbons (Fsp3) is 0.235. The van der Waals surface area contributed by atoms with Crippen molar-refractivity contribution in [3.05, 3.63) is 48.0 Å². The minimum absolute atomic E-state index is 0.0386. The molecule has 0 bridgehead atoms. The van der Waals surface area contributed by atoms with Gasteiger partial charge >= 0.3 is 10.1 Å². The Morgan fingerprint density at radius 3 is 2.46 bits per heavy atom. The normalized spacial score (nSPS) is 11.0. The summed E-state index contributed by atoms with van der Waals surface area (Å²) in [6.45, 7) is 3.25. The molecule has 0 heterocycles. The van der Waals surface area contributed by atoms with E-state index >= 15 is 0 Å². The molecule has 2 aromatic rings. The molecule has 0 fully saturated rings. The Morgan fingerprint density at radius 1 is 1.12 bits per heavy atom. The van der Waals surface area contributed by atoms with Gasteiger partial charge in [-0.2, -0.15) is 8.42 Å². The van der Waals surface area contributed by atoms with Crippen molar-refractivity contribution in [1.82, 2.24) is 0 Å². The monoisotopic (exact) mass is 349 g/mol.